The van der Waals surface area contributed by atoms with Crippen molar-refractivity contribution in [2.24, 2.45) is 5.92 Å². The number of aromatic nitrogens is 1. The second-order valence-electron chi connectivity index (χ2n) is 5.42. The van der Waals surface area contributed by atoms with Gasteiger partial charge in [0.25, 0.3) is 0 Å². The number of carbonyl (C=O) groups excluding carboxylic acids is 1. The van der Waals surface area contributed by atoms with Crippen molar-refractivity contribution in [2.45, 2.75) is 46.1 Å². The lowest BCUT2D eigenvalue weighted by Gasteiger charge is -2.30. The highest BCUT2D eigenvalue weighted by molar-refractivity contribution is 7.13. The zero-order chi connectivity index (χ0) is 13.7. The number of carbonyl (C=O) groups is 1. The molecule has 1 atom stereocenters. The summed E-state index contributed by atoms with van der Waals surface area (Å²) < 4.78 is 0. The van der Waals surface area contributed by atoms with Crippen LogP contribution in [0.2, 0.25) is 0 Å². The van der Waals surface area contributed by atoms with Crippen LogP contribution in [0.4, 0.5) is 5.13 Å². The molecule has 1 N–H and O–H groups in total. The molecule has 0 aliphatic carbocycles. The highest BCUT2D eigenvalue weighted by Gasteiger charge is 2.17. The van der Waals surface area contributed by atoms with Crippen LogP contribution < -0.4 is 5.32 Å². The Morgan fingerprint density at radius 2 is 2.47 bits per heavy atom. The number of nitrogens with zero attached hydrogens (tertiary/aromatic N) is 2. The maximum Gasteiger partial charge on any atom is 0.226 e. The fraction of sp³-hybridized carbons (Fsp3) is 0.714. The SMILES string of the molecule is CCCC(=O)Nc1nc(CN2CCCC(C)C2)cs1. The van der Waals surface area contributed by atoms with Crippen LogP contribution >= 0.6 is 11.3 Å². The zero-order valence-electron chi connectivity index (χ0n) is 11.8. The molecule has 1 saturated heterocycles. The third kappa shape index (κ3) is 4.58. The van der Waals surface area contributed by atoms with Crippen molar-refractivity contribution >= 4 is 22.4 Å². The Labute approximate surface area is 119 Å². The van der Waals surface area contributed by atoms with E-state index in [-0.39, 0.29) is 5.91 Å². The molecular weight excluding hydrogens is 258 g/mol. The molecule has 106 valence electrons. The van der Waals surface area contributed by atoms with Gasteiger partial charge in [0.05, 0.1) is 5.69 Å². The number of piperidine rings is 1. The molecule has 5 heteroatoms. The maximum absolute atomic E-state index is 11.5. The molecule has 0 radical (unpaired) electrons. The molecule has 1 aliphatic heterocycles. The molecule has 1 amide bonds. The molecule has 1 aromatic rings. The molecule has 1 aliphatic rings. The van der Waals surface area contributed by atoms with Crippen molar-refractivity contribution in [1.82, 2.24) is 9.88 Å². The van der Waals surface area contributed by atoms with Gasteiger partial charge in [-0.2, -0.15) is 0 Å². The van der Waals surface area contributed by atoms with Gasteiger partial charge in [0.15, 0.2) is 5.13 Å². The number of hydrogen-bond acceptors (Lipinski definition) is 4. The Hall–Kier alpha value is -0.940. The van der Waals surface area contributed by atoms with Crippen LogP contribution in [-0.4, -0.2) is 28.9 Å². The summed E-state index contributed by atoms with van der Waals surface area (Å²) >= 11 is 1.52. The number of hydrogen-bond donors (Lipinski definition) is 1. The molecular formula is C14H23N3OS. The summed E-state index contributed by atoms with van der Waals surface area (Å²) in [5, 5.41) is 5.65. The number of amides is 1. The van der Waals surface area contributed by atoms with Crippen molar-refractivity contribution in [3.63, 3.8) is 0 Å². The molecule has 1 unspecified atom stereocenters. The van der Waals surface area contributed by atoms with Crippen molar-refractivity contribution in [2.75, 3.05) is 18.4 Å². The molecule has 1 aromatic heterocycles. The van der Waals surface area contributed by atoms with Crippen LogP contribution in [0.25, 0.3) is 0 Å². The van der Waals surface area contributed by atoms with Gasteiger partial charge in [-0.3, -0.25) is 9.69 Å². The molecule has 0 saturated carbocycles. The molecule has 0 bridgehead atoms. The first-order valence-electron chi connectivity index (χ1n) is 7.14. The van der Waals surface area contributed by atoms with Crippen LogP contribution in [0.1, 0.15) is 45.2 Å². The summed E-state index contributed by atoms with van der Waals surface area (Å²) in [6.07, 6.45) is 4.06. The summed E-state index contributed by atoms with van der Waals surface area (Å²) in [4.78, 5) is 18.5. The standard InChI is InChI=1S/C14H23N3OS/c1-3-5-13(18)16-14-15-12(10-19-14)9-17-7-4-6-11(2)8-17/h10-11H,3-9H2,1-2H3,(H,15,16,18). The van der Waals surface area contributed by atoms with Gasteiger partial charge in [0.1, 0.15) is 0 Å². The van der Waals surface area contributed by atoms with Gasteiger partial charge in [-0.15, -0.1) is 11.3 Å². The van der Waals surface area contributed by atoms with E-state index in [0.29, 0.717) is 6.42 Å². The summed E-state index contributed by atoms with van der Waals surface area (Å²) in [5.74, 6) is 0.853. The van der Waals surface area contributed by atoms with Crippen molar-refractivity contribution in [3.05, 3.63) is 11.1 Å². The minimum absolute atomic E-state index is 0.0648. The highest BCUT2D eigenvalue weighted by Crippen LogP contribution is 2.21. The molecule has 19 heavy (non-hydrogen) atoms. The van der Waals surface area contributed by atoms with E-state index in [1.165, 1.54) is 30.7 Å². The molecule has 1 fully saturated rings. The fourth-order valence-corrected chi connectivity index (χ4v) is 3.22. The Morgan fingerprint density at radius 1 is 1.63 bits per heavy atom. The lowest BCUT2D eigenvalue weighted by Crippen LogP contribution is -2.33. The summed E-state index contributed by atoms with van der Waals surface area (Å²) in [6.45, 7) is 7.55. The van der Waals surface area contributed by atoms with Gasteiger partial charge >= 0.3 is 0 Å². The van der Waals surface area contributed by atoms with E-state index in [4.69, 9.17) is 0 Å². The van der Waals surface area contributed by atoms with E-state index in [1.54, 1.807) is 0 Å². The summed E-state index contributed by atoms with van der Waals surface area (Å²) in [6, 6.07) is 0. The van der Waals surface area contributed by atoms with Gasteiger partial charge in [-0.05, 0) is 31.7 Å². The minimum atomic E-state index is 0.0648. The predicted molar refractivity (Wildman–Crippen MR) is 79.3 cm³/mol. The van der Waals surface area contributed by atoms with Crippen LogP contribution in [0.3, 0.4) is 0 Å². The van der Waals surface area contributed by atoms with Gasteiger partial charge < -0.3 is 5.32 Å². The van der Waals surface area contributed by atoms with Crippen LogP contribution in [0.15, 0.2) is 5.38 Å². The van der Waals surface area contributed by atoms with Crippen molar-refractivity contribution < 1.29 is 4.79 Å². The average molecular weight is 281 g/mol. The first-order chi connectivity index (χ1) is 9.17. The number of nitrogens with one attached hydrogen (secondary N) is 1. The monoisotopic (exact) mass is 281 g/mol. The second kappa shape index (κ2) is 7.01. The first-order valence-corrected chi connectivity index (χ1v) is 8.02. The van der Waals surface area contributed by atoms with E-state index in [9.17, 15) is 4.79 Å². The molecule has 2 heterocycles. The van der Waals surface area contributed by atoms with Gasteiger partial charge in [0, 0.05) is 24.9 Å². The topological polar surface area (TPSA) is 45.2 Å². The lowest BCUT2D eigenvalue weighted by atomic mass is 10.0. The van der Waals surface area contributed by atoms with Crippen LogP contribution in [-0.2, 0) is 11.3 Å². The Kier molecular flexibility index (Phi) is 5.34. The smallest absolute Gasteiger partial charge is 0.226 e. The number of rotatable bonds is 5. The quantitative estimate of drug-likeness (QED) is 0.902. The Balaban J connectivity index is 1.84. The van der Waals surface area contributed by atoms with Gasteiger partial charge in [-0.25, -0.2) is 4.98 Å². The number of likely N-dealkylation sites (tertiary alicyclic amines) is 1. The van der Waals surface area contributed by atoms with E-state index in [1.807, 2.05) is 6.92 Å². The normalized spacial score (nSPS) is 20.4. The Bertz CT molecular complexity index is 419. The predicted octanol–water partition coefficient (Wildman–Crippen LogP) is 3.11. The second-order valence-corrected chi connectivity index (χ2v) is 6.28. The maximum atomic E-state index is 11.5. The molecule has 4 nitrogen and oxygen atoms in total. The highest BCUT2D eigenvalue weighted by atomic mass is 32.1. The fourth-order valence-electron chi connectivity index (χ4n) is 2.51. The largest absolute Gasteiger partial charge is 0.302 e. The summed E-state index contributed by atoms with van der Waals surface area (Å²) in [5.41, 5.74) is 1.07. The molecule has 0 spiro atoms. The number of thiazole rings is 1. The first kappa shape index (κ1) is 14.5. The van der Waals surface area contributed by atoms with Crippen molar-refractivity contribution in [1.29, 1.82) is 0 Å². The van der Waals surface area contributed by atoms with Gasteiger partial charge in [-0.1, -0.05) is 13.8 Å². The molecule has 0 aromatic carbocycles. The third-order valence-electron chi connectivity index (χ3n) is 3.40. The third-order valence-corrected chi connectivity index (χ3v) is 4.21. The summed E-state index contributed by atoms with van der Waals surface area (Å²) in [7, 11) is 0. The van der Waals surface area contributed by atoms with Crippen molar-refractivity contribution in [3.8, 4) is 0 Å². The van der Waals surface area contributed by atoms with E-state index in [2.05, 4.69) is 27.5 Å². The minimum Gasteiger partial charge on any atom is -0.302 e. The lowest BCUT2D eigenvalue weighted by molar-refractivity contribution is -0.116. The van der Waals surface area contributed by atoms with E-state index in [0.717, 1.165) is 36.3 Å². The number of anilines is 1. The van der Waals surface area contributed by atoms with E-state index < -0.39 is 0 Å². The van der Waals surface area contributed by atoms with Gasteiger partial charge in [0.2, 0.25) is 5.91 Å². The Morgan fingerprint density at radius 3 is 3.21 bits per heavy atom. The van der Waals surface area contributed by atoms with Crippen LogP contribution in [0, 0.1) is 5.92 Å². The zero-order valence-corrected chi connectivity index (χ0v) is 12.6. The van der Waals surface area contributed by atoms with Crippen LogP contribution in [0.5, 0.6) is 0 Å². The molecule has 2 rings (SSSR count). The van der Waals surface area contributed by atoms with E-state index >= 15 is 0 Å². The average Bonchev–Trinajstić information content (AvgIpc) is 2.76.